The highest BCUT2D eigenvalue weighted by Gasteiger charge is 2.58. The van der Waals surface area contributed by atoms with E-state index in [1.807, 2.05) is 6.92 Å². The zero-order valence-corrected chi connectivity index (χ0v) is 41.9. The second kappa shape index (κ2) is 22.0. The van der Waals surface area contributed by atoms with Crippen molar-refractivity contribution < 1.29 is 80.3 Å². The van der Waals surface area contributed by atoms with Gasteiger partial charge in [-0.2, -0.15) is 25.9 Å². The first-order valence-electron chi connectivity index (χ1n) is 23.0. The quantitative estimate of drug-likeness (QED) is 0.140. The van der Waals surface area contributed by atoms with Crippen LogP contribution in [0.3, 0.4) is 0 Å². The van der Waals surface area contributed by atoms with Gasteiger partial charge in [-0.05, 0) is 112 Å². The monoisotopic (exact) mass is 987 g/mol. The average molecular weight is 987 g/mol. The molecule has 0 aromatic heterocycles. The van der Waals surface area contributed by atoms with Gasteiger partial charge >= 0.3 is 22.4 Å². The SMILES string of the molecule is CC[C@H]1OC(=O)[C@H](C)[C@@H](O[C@H]2C[C@@](C)(OC)[C@](O)(CNC)[C@H](C)O2)[C@H](C)[C@@H](O[C@@H]2O[C@H](C)C[C@H](N(C)S(=O)(=O)Nc3ccc(C(F)(F)F)cc3)[C@H]2O)[C@](C)(O)C[C@@H](C)CN[C@H](C)[C@@H](O)[C@]1(C)O. The number of methoxy groups -OCH3 is 1. The lowest BCUT2D eigenvalue weighted by molar-refractivity contribution is -0.336. The molecular formula is C45H77F3N4O14S. The summed E-state index contributed by atoms with van der Waals surface area (Å²) >= 11 is 0. The smallest absolute Gasteiger partial charge is 0.416 e. The van der Waals surface area contributed by atoms with Gasteiger partial charge in [0, 0.05) is 44.8 Å². The van der Waals surface area contributed by atoms with Crippen LogP contribution in [0, 0.1) is 17.8 Å². The molecule has 3 fully saturated rings. The number of anilines is 1. The maximum absolute atomic E-state index is 14.4. The summed E-state index contributed by atoms with van der Waals surface area (Å²) in [6.45, 7) is 16.6. The van der Waals surface area contributed by atoms with Gasteiger partial charge in [0.2, 0.25) is 0 Å². The van der Waals surface area contributed by atoms with Crippen molar-refractivity contribution in [1.29, 1.82) is 0 Å². The van der Waals surface area contributed by atoms with Gasteiger partial charge in [-0.15, -0.1) is 0 Å². The summed E-state index contributed by atoms with van der Waals surface area (Å²) in [5.74, 6) is -3.41. The minimum absolute atomic E-state index is 0.0141. The number of benzene rings is 1. The van der Waals surface area contributed by atoms with Gasteiger partial charge in [-0.1, -0.05) is 20.8 Å². The van der Waals surface area contributed by atoms with E-state index < -0.39 is 130 Å². The molecule has 18 nitrogen and oxygen atoms in total. The summed E-state index contributed by atoms with van der Waals surface area (Å²) in [6.07, 6.45) is -15.9. The van der Waals surface area contributed by atoms with E-state index in [2.05, 4.69) is 15.4 Å². The Hall–Kier alpha value is -2.29. The van der Waals surface area contributed by atoms with Gasteiger partial charge in [0.15, 0.2) is 12.6 Å². The highest BCUT2D eigenvalue weighted by Crippen LogP contribution is 2.43. The Labute approximate surface area is 393 Å². The minimum Gasteiger partial charge on any atom is -0.459 e. The van der Waals surface area contributed by atoms with Crippen molar-refractivity contribution in [3.8, 4) is 0 Å². The van der Waals surface area contributed by atoms with E-state index in [-0.39, 0.29) is 50.4 Å². The van der Waals surface area contributed by atoms with Crippen LogP contribution in [0.1, 0.15) is 100 Å². The van der Waals surface area contributed by atoms with E-state index in [1.54, 1.807) is 48.6 Å². The zero-order chi connectivity index (χ0) is 50.8. The molecule has 0 amide bonds. The topological polar surface area (TPSA) is 247 Å². The number of carbonyl (C=O) groups is 1. The van der Waals surface area contributed by atoms with E-state index in [9.17, 15) is 51.9 Å². The van der Waals surface area contributed by atoms with Crippen LogP contribution in [-0.4, -0.2) is 168 Å². The molecule has 1 aromatic carbocycles. The molecule has 3 aliphatic heterocycles. The molecule has 3 aliphatic rings. The summed E-state index contributed by atoms with van der Waals surface area (Å²) in [5, 5.41) is 65.9. The Balaban J connectivity index is 1.79. The van der Waals surface area contributed by atoms with Gasteiger partial charge in [0.1, 0.15) is 35.1 Å². The van der Waals surface area contributed by atoms with Crippen LogP contribution in [-0.2, 0) is 49.6 Å². The molecule has 3 saturated heterocycles. The molecule has 4 rings (SSSR count). The van der Waals surface area contributed by atoms with Crippen LogP contribution in [0.5, 0.6) is 0 Å². The van der Waals surface area contributed by atoms with Crippen molar-refractivity contribution >= 4 is 21.9 Å². The van der Waals surface area contributed by atoms with Crippen molar-refractivity contribution in [2.75, 3.05) is 39.0 Å². The summed E-state index contributed by atoms with van der Waals surface area (Å²) in [7, 11) is -0.206. The third kappa shape index (κ3) is 12.8. The molecule has 388 valence electrons. The molecule has 18 atom stereocenters. The Morgan fingerprint density at radius 2 is 1.58 bits per heavy atom. The van der Waals surface area contributed by atoms with Gasteiger partial charge < -0.3 is 64.6 Å². The minimum atomic E-state index is -4.64. The van der Waals surface area contributed by atoms with Crippen molar-refractivity contribution in [1.82, 2.24) is 14.9 Å². The number of carbonyl (C=O) groups excluding carboxylic acids is 1. The molecule has 0 spiro atoms. The zero-order valence-electron chi connectivity index (χ0n) is 41.0. The van der Waals surface area contributed by atoms with E-state index in [0.717, 1.165) is 28.6 Å². The number of hydrogen-bond donors (Lipinski definition) is 8. The fourth-order valence-corrected chi connectivity index (χ4v) is 11.1. The fourth-order valence-electron chi connectivity index (χ4n) is 9.99. The number of aliphatic hydroxyl groups excluding tert-OH is 2. The highest BCUT2D eigenvalue weighted by atomic mass is 32.2. The molecule has 0 unspecified atom stereocenters. The Morgan fingerprint density at radius 1 is 0.970 bits per heavy atom. The molecule has 22 heteroatoms. The maximum Gasteiger partial charge on any atom is 0.416 e. The summed E-state index contributed by atoms with van der Waals surface area (Å²) in [5.41, 5.74) is -7.68. The average Bonchev–Trinajstić information content (AvgIpc) is 3.23. The van der Waals surface area contributed by atoms with Crippen LogP contribution in [0.25, 0.3) is 0 Å². The van der Waals surface area contributed by atoms with Crippen molar-refractivity contribution in [3.63, 3.8) is 0 Å². The predicted molar refractivity (Wildman–Crippen MR) is 240 cm³/mol. The Morgan fingerprint density at radius 3 is 2.13 bits per heavy atom. The second-order valence-electron chi connectivity index (χ2n) is 19.8. The normalized spacial score (nSPS) is 42.4. The van der Waals surface area contributed by atoms with Gasteiger partial charge in [0.25, 0.3) is 0 Å². The number of rotatable bonds is 12. The van der Waals surface area contributed by atoms with Crippen molar-refractivity contribution in [3.05, 3.63) is 29.8 Å². The molecular weight excluding hydrogens is 910 g/mol. The molecule has 0 radical (unpaired) electrons. The summed E-state index contributed by atoms with van der Waals surface area (Å²) in [4.78, 5) is 14.4. The summed E-state index contributed by atoms with van der Waals surface area (Å²) < 4.78 is 108. The van der Waals surface area contributed by atoms with E-state index in [0.29, 0.717) is 0 Å². The number of nitrogens with one attached hydrogen (secondary N) is 3. The van der Waals surface area contributed by atoms with Crippen molar-refractivity contribution in [2.45, 2.75) is 191 Å². The number of aliphatic hydroxyl groups is 5. The predicted octanol–water partition coefficient (Wildman–Crippen LogP) is 2.89. The standard InChI is InChI=1S/C45H77F3N4O14S/c1-14-33-43(10,57)37(54)28(6)50-22-24(2)20-41(8,56)38(26(4)36(27(5)39(55)64-33)65-34-21-42(9,61-13)44(58,23-49-11)29(7)63-34)66-40-35(53)32(19-25(3)62-40)52(12)67(59,60)51-31-17-15-30(16-18-31)45(46,47)48/h15-18,24-29,32-38,40,49-51,53-54,56-58H,14,19-23H2,1-13H3/t24-,25-,26+,27-,28-,29+,32+,33-,34+,35-,36+,37-,38-,40+,41-,42-,43-,44+/m1/s1. The fraction of sp³-hybridized carbons (Fsp3) is 0.844. The van der Waals surface area contributed by atoms with Crippen LogP contribution < -0.4 is 15.4 Å². The highest BCUT2D eigenvalue weighted by molar-refractivity contribution is 7.90. The van der Waals surface area contributed by atoms with Crippen LogP contribution in [0.4, 0.5) is 18.9 Å². The number of ether oxygens (including phenoxy) is 6. The molecule has 1 aromatic rings. The van der Waals surface area contributed by atoms with Gasteiger partial charge in [-0.3, -0.25) is 9.52 Å². The first-order chi connectivity index (χ1) is 30.8. The molecule has 8 N–H and O–H groups in total. The van der Waals surface area contributed by atoms with Crippen molar-refractivity contribution in [2.24, 2.45) is 17.8 Å². The second-order valence-corrected chi connectivity index (χ2v) is 21.5. The van der Waals surface area contributed by atoms with Gasteiger partial charge in [0.05, 0.1) is 47.5 Å². The lowest BCUT2D eigenvalue weighted by Crippen LogP contribution is -2.69. The van der Waals surface area contributed by atoms with Gasteiger partial charge in [-0.25, -0.2) is 0 Å². The number of esters is 1. The molecule has 67 heavy (non-hydrogen) atoms. The van der Waals surface area contributed by atoms with E-state index >= 15 is 0 Å². The third-order valence-corrected chi connectivity index (χ3v) is 15.8. The first kappa shape index (κ1) is 57.3. The molecule has 0 aliphatic carbocycles. The number of alkyl halides is 3. The maximum atomic E-state index is 14.4. The first-order valence-corrected chi connectivity index (χ1v) is 24.5. The number of nitrogens with zero attached hydrogens (tertiary/aromatic N) is 1. The van der Waals surface area contributed by atoms with E-state index in [1.165, 1.54) is 34.9 Å². The van der Waals surface area contributed by atoms with Crippen LogP contribution in [0.2, 0.25) is 0 Å². The summed E-state index contributed by atoms with van der Waals surface area (Å²) in [6, 6.07) is 1.47. The van der Waals surface area contributed by atoms with Crippen LogP contribution >= 0.6 is 0 Å². The Bertz CT molecular complexity index is 1880. The molecule has 0 saturated carbocycles. The largest absolute Gasteiger partial charge is 0.459 e. The number of cyclic esters (lactones) is 1. The number of halogens is 3. The lowest BCUT2D eigenvalue weighted by atomic mass is 9.75. The Kier molecular flexibility index (Phi) is 18.8. The number of hydrogen-bond acceptors (Lipinski definition) is 16. The third-order valence-electron chi connectivity index (χ3n) is 14.3. The number of likely N-dealkylation sites (N-methyl/N-ethyl adjacent to an activating group) is 2. The lowest BCUT2D eigenvalue weighted by Gasteiger charge is -2.53. The van der Waals surface area contributed by atoms with Crippen LogP contribution in [0.15, 0.2) is 24.3 Å². The van der Waals surface area contributed by atoms with E-state index in [4.69, 9.17) is 28.4 Å². The molecule has 3 heterocycles. The molecule has 0 bridgehead atoms.